The number of aliphatic carboxylic acids is 1. The fourth-order valence-corrected chi connectivity index (χ4v) is 3.23. The lowest BCUT2D eigenvalue weighted by atomic mass is 9.78. The Balaban J connectivity index is 2.53. The van der Waals surface area contributed by atoms with E-state index in [1.807, 2.05) is 30.3 Å². The monoisotopic (exact) mass is 265 g/mol. The average Bonchev–Trinajstić information content (AvgIpc) is 2.68. The van der Waals surface area contributed by atoms with E-state index in [1.165, 1.54) is 11.2 Å². The van der Waals surface area contributed by atoms with Crippen LogP contribution >= 0.6 is 12.8 Å². The summed E-state index contributed by atoms with van der Waals surface area (Å²) in [5.74, 6) is -1.86. The predicted octanol–water partition coefficient (Wildman–Crippen LogP) is 1.73. The van der Waals surface area contributed by atoms with Crippen molar-refractivity contribution >= 4 is 24.6 Å². The molecule has 1 N–H and O–H groups in total. The molecule has 1 unspecified atom stereocenters. The second-order valence-corrected chi connectivity index (χ2v) is 4.99. The molecule has 1 aromatic carbocycles. The molecule has 0 saturated carbocycles. The zero-order valence-electron chi connectivity index (χ0n) is 10.0. The number of carbonyl (C=O) groups excluding carboxylic acids is 1. The molecule has 0 aromatic heterocycles. The van der Waals surface area contributed by atoms with Gasteiger partial charge in [0.1, 0.15) is 0 Å². The number of Topliss-reactive ketones (excluding diaryl/α,β-unsaturated/α-hetero) is 1. The molecule has 1 aliphatic rings. The summed E-state index contributed by atoms with van der Waals surface area (Å²) in [6.07, 6.45) is 0.611. The van der Waals surface area contributed by atoms with Crippen LogP contribution in [0.5, 0.6) is 0 Å². The van der Waals surface area contributed by atoms with Gasteiger partial charge in [0.25, 0.3) is 0 Å². The van der Waals surface area contributed by atoms with Gasteiger partial charge in [0.05, 0.1) is 0 Å². The summed E-state index contributed by atoms with van der Waals surface area (Å²) in [5.41, 5.74) is -0.684. The first-order chi connectivity index (χ1) is 8.51. The maximum atomic E-state index is 11.9. The van der Waals surface area contributed by atoms with Gasteiger partial charge in [0.15, 0.2) is 11.3 Å². The molecular weight excluding hydrogens is 250 g/mol. The summed E-state index contributed by atoms with van der Waals surface area (Å²) in [4.78, 5) is 23.6. The second-order valence-electron chi connectivity index (χ2n) is 4.50. The SMILES string of the molecule is CC(=O)[C@@]1(C(=O)O)C(c2ccccc2)CCN1S. The molecule has 0 bridgehead atoms. The first kappa shape index (κ1) is 13.1. The normalized spacial score (nSPS) is 28.2. The number of carboxylic acids is 1. The average molecular weight is 265 g/mol. The third kappa shape index (κ3) is 1.74. The summed E-state index contributed by atoms with van der Waals surface area (Å²) in [6, 6.07) is 9.29. The number of rotatable bonds is 3. The number of hydrogen-bond acceptors (Lipinski definition) is 4. The Morgan fingerprint density at radius 2 is 2.00 bits per heavy atom. The van der Waals surface area contributed by atoms with Gasteiger partial charge in [-0.1, -0.05) is 43.1 Å². The summed E-state index contributed by atoms with van der Waals surface area (Å²) in [6.45, 7) is 1.80. The molecule has 96 valence electrons. The van der Waals surface area contributed by atoms with Crippen LogP contribution in [0.25, 0.3) is 0 Å². The molecule has 0 aliphatic carbocycles. The van der Waals surface area contributed by atoms with Crippen LogP contribution in [0.4, 0.5) is 0 Å². The molecule has 2 rings (SSSR count). The van der Waals surface area contributed by atoms with Crippen LogP contribution in [-0.4, -0.2) is 33.2 Å². The Bertz CT molecular complexity index is 460. The van der Waals surface area contributed by atoms with Gasteiger partial charge in [0, 0.05) is 12.5 Å². The minimum atomic E-state index is -1.55. The summed E-state index contributed by atoms with van der Waals surface area (Å²) in [7, 11) is 0. The number of thiol groups is 1. The van der Waals surface area contributed by atoms with Crippen molar-refractivity contribution < 1.29 is 14.7 Å². The molecule has 1 aromatic rings. The number of hydrogen-bond donors (Lipinski definition) is 2. The van der Waals surface area contributed by atoms with Crippen molar-refractivity contribution in [1.29, 1.82) is 0 Å². The zero-order valence-corrected chi connectivity index (χ0v) is 10.9. The van der Waals surface area contributed by atoms with Crippen molar-refractivity contribution in [3.63, 3.8) is 0 Å². The molecule has 2 atom stereocenters. The van der Waals surface area contributed by atoms with Gasteiger partial charge in [-0.2, -0.15) is 0 Å². The molecule has 1 aliphatic heterocycles. The van der Waals surface area contributed by atoms with Gasteiger partial charge < -0.3 is 5.11 Å². The molecule has 1 heterocycles. The maximum absolute atomic E-state index is 11.9. The predicted molar refractivity (Wildman–Crippen MR) is 70.5 cm³/mol. The highest BCUT2D eigenvalue weighted by Crippen LogP contribution is 2.44. The molecule has 18 heavy (non-hydrogen) atoms. The Hall–Kier alpha value is -1.33. The van der Waals surface area contributed by atoms with Crippen molar-refractivity contribution in [1.82, 2.24) is 4.31 Å². The largest absolute Gasteiger partial charge is 0.479 e. The fraction of sp³-hybridized carbons (Fsp3) is 0.385. The number of benzene rings is 1. The van der Waals surface area contributed by atoms with E-state index in [4.69, 9.17) is 0 Å². The highest BCUT2D eigenvalue weighted by Gasteiger charge is 2.58. The van der Waals surface area contributed by atoms with E-state index >= 15 is 0 Å². The Kier molecular flexibility index (Phi) is 3.45. The van der Waals surface area contributed by atoms with E-state index in [0.717, 1.165) is 5.56 Å². The highest BCUT2D eigenvalue weighted by molar-refractivity contribution is 7.77. The van der Waals surface area contributed by atoms with Crippen molar-refractivity contribution in [3.8, 4) is 0 Å². The quantitative estimate of drug-likeness (QED) is 0.645. The second kappa shape index (κ2) is 4.74. The third-order valence-corrected chi connectivity index (χ3v) is 4.12. The fourth-order valence-electron chi connectivity index (χ4n) is 2.75. The van der Waals surface area contributed by atoms with Gasteiger partial charge in [-0.05, 0) is 18.9 Å². The number of carboxylic acid groups (broad SMARTS) is 1. The van der Waals surface area contributed by atoms with Crippen molar-refractivity contribution in [3.05, 3.63) is 35.9 Å². The van der Waals surface area contributed by atoms with Crippen LogP contribution in [0.2, 0.25) is 0 Å². The van der Waals surface area contributed by atoms with Gasteiger partial charge >= 0.3 is 5.97 Å². The van der Waals surface area contributed by atoms with Gasteiger partial charge in [-0.3, -0.25) is 4.79 Å². The van der Waals surface area contributed by atoms with Crippen LogP contribution in [0.15, 0.2) is 30.3 Å². The number of nitrogens with zero attached hydrogens (tertiary/aromatic N) is 1. The van der Waals surface area contributed by atoms with E-state index in [0.29, 0.717) is 13.0 Å². The van der Waals surface area contributed by atoms with Gasteiger partial charge in [-0.15, -0.1) is 0 Å². The van der Waals surface area contributed by atoms with Crippen LogP contribution in [0.1, 0.15) is 24.8 Å². The lowest BCUT2D eigenvalue weighted by Crippen LogP contribution is -2.55. The topological polar surface area (TPSA) is 57.6 Å². The molecule has 5 heteroatoms. The van der Waals surface area contributed by atoms with E-state index in [-0.39, 0.29) is 11.7 Å². The third-order valence-electron chi connectivity index (χ3n) is 3.61. The van der Waals surface area contributed by atoms with E-state index in [9.17, 15) is 14.7 Å². The summed E-state index contributed by atoms with van der Waals surface area (Å²) in [5, 5.41) is 9.52. The molecule has 0 radical (unpaired) electrons. The Morgan fingerprint density at radius 3 is 2.50 bits per heavy atom. The van der Waals surface area contributed by atoms with Crippen LogP contribution in [0, 0.1) is 0 Å². The first-order valence-corrected chi connectivity index (χ1v) is 6.17. The van der Waals surface area contributed by atoms with Crippen LogP contribution in [0.3, 0.4) is 0 Å². The minimum Gasteiger partial charge on any atom is -0.479 e. The minimum absolute atomic E-state index is 0.355. The lowest BCUT2D eigenvalue weighted by Gasteiger charge is -2.33. The summed E-state index contributed by atoms with van der Waals surface area (Å²) >= 11 is 4.19. The molecule has 4 nitrogen and oxygen atoms in total. The maximum Gasteiger partial charge on any atom is 0.333 e. The lowest BCUT2D eigenvalue weighted by molar-refractivity contribution is -0.152. The Morgan fingerprint density at radius 1 is 1.39 bits per heavy atom. The first-order valence-electron chi connectivity index (χ1n) is 5.77. The van der Waals surface area contributed by atoms with E-state index in [2.05, 4.69) is 12.8 Å². The molecule has 0 spiro atoms. The van der Waals surface area contributed by atoms with E-state index < -0.39 is 11.5 Å². The Labute approximate surface area is 111 Å². The highest BCUT2D eigenvalue weighted by atomic mass is 32.1. The van der Waals surface area contributed by atoms with Crippen LogP contribution < -0.4 is 0 Å². The van der Waals surface area contributed by atoms with Crippen molar-refractivity contribution in [2.75, 3.05) is 6.54 Å². The van der Waals surface area contributed by atoms with Crippen molar-refractivity contribution in [2.24, 2.45) is 0 Å². The van der Waals surface area contributed by atoms with Crippen LogP contribution in [-0.2, 0) is 9.59 Å². The van der Waals surface area contributed by atoms with Gasteiger partial charge in [0.2, 0.25) is 0 Å². The smallest absolute Gasteiger partial charge is 0.333 e. The molecule has 0 amide bonds. The van der Waals surface area contributed by atoms with Gasteiger partial charge in [-0.25, -0.2) is 9.10 Å². The number of carbonyl (C=O) groups is 2. The zero-order chi connectivity index (χ0) is 13.3. The number of ketones is 1. The summed E-state index contributed by atoms with van der Waals surface area (Å²) < 4.78 is 1.36. The van der Waals surface area contributed by atoms with E-state index in [1.54, 1.807) is 0 Å². The molecule has 1 fully saturated rings. The molecular formula is C13H15NO3S. The molecule has 1 saturated heterocycles. The van der Waals surface area contributed by atoms with Crippen molar-refractivity contribution in [2.45, 2.75) is 24.8 Å². The standard InChI is InChI=1S/C13H15NO3S/c1-9(15)13(12(16)17)11(7-8-14(13)18)10-5-3-2-4-6-10/h2-6,11,18H,7-8H2,1H3,(H,16,17)/t11?,13-/m0/s1.